The molecule has 0 radical (unpaired) electrons. The van der Waals surface area contributed by atoms with Crippen LogP contribution in [0, 0.1) is 23.7 Å². The first kappa shape index (κ1) is 45.6. The molecule has 68 heavy (non-hydrogen) atoms. The molecule has 9 rings (SSSR count). The summed E-state index contributed by atoms with van der Waals surface area (Å²) in [6, 6.07) is 35.3. The van der Waals surface area contributed by atoms with Gasteiger partial charge in [0, 0.05) is 47.7 Å². The Labute approximate surface area is 393 Å². The molecule has 0 saturated carbocycles. The number of para-hydroxylation sites is 1. The minimum absolute atomic E-state index is 0.0814. The number of amides is 2. The highest BCUT2D eigenvalue weighted by Crippen LogP contribution is 2.65. The molecule has 3 fully saturated rings. The van der Waals surface area contributed by atoms with Gasteiger partial charge in [0.2, 0.25) is 11.8 Å². The molecule has 0 bridgehead atoms. The third-order valence-electron chi connectivity index (χ3n) is 13.2. The number of carbonyl (C=O) groups excluding carboxylic acids is 5. The third-order valence-corrected chi connectivity index (χ3v) is 13.2. The first-order valence-corrected chi connectivity index (χ1v) is 22.4. The summed E-state index contributed by atoms with van der Waals surface area (Å²) in [7, 11) is 2.34. The first-order chi connectivity index (χ1) is 33.2. The molecule has 15 nitrogen and oxygen atoms in total. The molecule has 5 aromatic rings. The van der Waals surface area contributed by atoms with Crippen molar-refractivity contribution in [3.8, 4) is 17.6 Å². The van der Waals surface area contributed by atoms with Crippen molar-refractivity contribution in [1.29, 1.82) is 0 Å². The van der Waals surface area contributed by atoms with Gasteiger partial charge in [-0.3, -0.25) is 28.9 Å². The quantitative estimate of drug-likeness (QED) is 0.0618. The van der Waals surface area contributed by atoms with Crippen molar-refractivity contribution in [2.75, 3.05) is 69.3 Å². The van der Waals surface area contributed by atoms with Crippen LogP contribution in [0.5, 0.6) is 5.75 Å². The molecule has 6 atom stereocenters. The zero-order valence-electron chi connectivity index (χ0n) is 37.5. The second-order valence-corrected chi connectivity index (χ2v) is 16.8. The van der Waals surface area contributed by atoms with Crippen molar-refractivity contribution in [3.05, 3.63) is 155 Å². The summed E-state index contributed by atoms with van der Waals surface area (Å²) in [5.41, 5.74) is 2.60. The molecule has 5 aromatic carbocycles. The van der Waals surface area contributed by atoms with Gasteiger partial charge in [0.25, 0.3) is 0 Å². The summed E-state index contributed by atoms with van der Waals surface area (Å²) in [6.07, 6.45) is -1.13. The smallest absolute Gasteiger partial charge is 0.324 e. The van der Waals surface area contributed by atoms with Gasteiger partial charge in [0.1, 0.15) is 29.9 Å². The van der Waals surface area contributed by atoms with Crippen LogP contribution in [0.4, 0.5) is 17.1 Å². The summed E-state index contributed by atoms with van der Waals surface area (Å²) in [5, 5.41) is 16.2. The van der Waals surface area contributed by atoms with E-state index in [1.54, 1.807) is 48.5 Å². The highest BCUT2D eigenvalue weighted by atomic mass is 16.6. The van der Waals surface area contributed by atoms with Crippen LogP contribution in [0.2, 0.25) is 0 Å². The Hall–Kier alpha value is -7.51. The normalized spacial score (nSPS) is 22.8. The number of hydrogen-bond acceptors (Lipinski definition) is 13. The number of anilines is 3. The number of aliphatic hydroxyl groups excluding tert-OH is 1. The third kappa shape index (κ3) is 8.31. The number of cyclic esters (lactones) is 1. The molecule has 348 valence electrons. The van der Waals surface area contributed by atoms with Gasteiger partial charge in [-0.25, -0.2) is 0 Å². The van der Waals surface area contributed by atoms with Crippen molar-refractivity contribution in [3.63, 3.8) is 0 Å². The van der Waals surface area contributed by atoms with Crippen LogP contribution < -0.4 is 20.3 Å². The number of aliphatic hydroxyl groups is 1. The van der Waals surface area contributed by atoms with E-state index in [4.69, 9.17) is 23.7 Å². The van der Waals surface area contributed by atoms with Gasteiger partial charge in [0.05, 0.1) is 52.0 Å². The number of ether oxygens (including phenoxy) is 5. The van der Waals surface area contributed by atoms with E-state index in [9.17, 15) is 14.7 Å². The maximum atomic E-state index is 15.7. The summed E-state index contributed by atoms with van der Waals surface area (Å²) in [5.74, 6) is 0.0553. The Balaban J connectivity index is 1.27. The fourth-order valence-corrected chi connectivity index (χ4v) is 10.2. The van der Waals surface area contributed by atoms with Gasteiger partial charge in [-0.05, 0) is 65.2 Å². The highest BCUT2D eigenvalue weighted by Gasteiger charge is 2.74. The summed E-state index contributed by atoms with van der Waals surface area (Å²) in [4.78, 5) is 76.0. The van der Waals surface area contributed by atoms with Gasteiger partial charge in [-0.15, -0.1) is 0 Å². The average Bonchev–Trinajstić information content (AvgIpc) is 3.86. The predicted molar refractivity (Wildman–Crippen MR) is 249 cm³/mol. The number of carbonyl (C=O) groups is 5. The minimum Gasteiger partial charge on any atom is -0.491 e. The molecule has 3 N–H and O–H groups in total. The molecule has 0 aliphatic carbocycles. The van der Waals surface area contributed by atoms with Crippen molar-refractivity contribution in [1.82, 2.24) is 4.90 Å². The van der Waals surface area contributed by atoms with Crippen molar-refractivity contribution in [2.24, 2.45) is 11.8 Å². The minimum atomic E-state index is -1.90. The lowest BCUT2D eigenvalue weighted by atomic mass is 9.65. The Morgan fingerprint density at radius 1 is 0.838 bits per heavy atom. The Kier molecular flexibility index (Phi) is 13.3. The zero-order valence-corrected chi connectivity index (χ0v) is 37.5. The predicted octanol–water partition coefficient (Wildman–Crippen LogP) is 5.51. The van der Waals surface area contributed by atoms with E-state index in [-0.39, 0.29) is 19.6 Å². The lowest BCUT2D eigenvalue weighted by molar-refractivity contribution is -0.178. The van der Waals surface area contributed by atoms with Crippen LogP contribution in [0.25, 0.3) is 0 Å². The molecular formula is C53H50N4O11. The standard InChI is InChI=1S/C53H50N4O11/c1-64-49(60)39(50(61)65-2)18-11-12-33-20-25-41-40(32-33)53(52(63)55-41)43(48(59)54-36-21-23-37(24-22-36)56-26-29-66-30-27-56)45-51(62)68-46(35-15-7-4-8-16-35)44(34-13-5-3-6-14-34)57(45)47(53)38-17-9-10-19-42(38)67-31-28-58/h3-10,13-17,19-25,32,39,43-47,58H,18,26-31H2,1-2H3,(H,54,59)(H,55,63). The summed E-state index contributed by atoms with van der Waals surface area (Å²) < 4.78 is 28.0. The van der Waals surface area contributed by atoms with Crippen molar-refractivity contribution >= 4 is 46.8 Å². The molecule has 0 aromatic heterocycles. The molecule has 6 unspecified atom stereocenters. The van der Waals surface area contributed by atoms with Crippen LogP contribution in [0.1, 0.15) is 52.4 Å². The molecule has 15 heteroatoms. The molecule has 2 amide bonds. The van der Waals surface area contributed by atoms with E-state index in [0.29, 0.717) is 65.7 Å². The maximum absolute atomic E-state index is 15.7. The zero-order chi connectivity index (χ0) is 47.4. The summed E-state index contributed by atoms with van der Waals surface area (Å²) in [6.45, 7) is 2.23. The highest BCUT2D eigenvalue weighted by molar-refractivity contribution is 6.13. The Bertz CT molecular complexity index is 2740. The van der Waals surface area contributed by atoms with Crippen molar-refractivity contribution < 1.29 is 52.8 Å². The Morgan fingerprint density at radius 3 is 2.18 bits per heavy atom. The van der Waals surface area contributed by atoms with Crippen LogP contribution in [0.15, 0.2) is 127 Å². The summed E-state index contributed by atoms with van der Waals surface area (Å²) >= 11 is 0. The van der Waals surface area contributed by atoms with Crippen LogP contribution in [-0.4, -0.2) is 99.5 Å². The first-order valence-electron chi connectivity index (χ1n) is 22.4. The van der Waals surface area contributed by atoms with Gasteiger partial charge >= 0.3 is 17.9 Å². The number of fused-ring (bicyclic) bond motifs is 3. The number of benzene rings is 5. The number of nitrogens with one attached hydrogen (secondary N) is 2. The van der Waals surface area contributed by atoms with E-state index >= 15 is 14.4 Å². The SMILES string of the molecule is COC(=O)C(CC#Cc1ccc2c(c1)C1(C(=O)N2)C(C(=O)Nc2ccc(N3CCOCC3)cc2)C2C(=O)OC(c3ccccc3)C(c3ccccc3)N2C1c1ccccc1OCCO)C(=O)OC. The second kappa shape index (κ2) is 19.8. The number of hydrogen-bond donors (Lipinski definition) is 3. The number of esters is 3. The van der Waals surface area contributed by atoms with Gasteiger partial charge in [-0.1, -0.05) is 90.7 Å². The van der Waals surface area contributed by atoms with Crippen LogP contribution in [-0.2, 0) is 48.3 Å². The molecule has 1 spiro atoms. The van der Waals surface area contributed by atoms with E-state index in [1.165, 1.54) is 14.2 Å². The molecule has 4 aliphatic heterocycles. The Morgan fingerprint density at radius 2 is 1.50 bits per heavy atom. The van der Waals surface area contributed by atoms with Gasteiger partial charge in [0.15, 0.2) is 5.92 Å². The number of rotatable bonds is 12. The largest absolute Gasteiger partial charge is 0.491 e. The van der Waals surface area contributed by atoms with Gasteiger partial charge < -0.3 is 44.3 Å². The lowest BCUT2D eigenvalue weighted by Gasteiger charge is -2.46. The van der Waals surface area contributed by atoms with E-state index in [0.717, 1.165) is 11.3 Å². The second-order valence-electron chi connectivity index (χ2n) is 16.8. The fourth-order valence-electron chi connectivity index (χ4n) is 10.2. The van der Waals surface area contributed by atoms with Gasteiger partial charge in [-0.2, -0.15) is 0 Å². The van der Waals surface area contributed by atoms with Crippen LogP contribution in [0.3, 0.4) is 0 Å². The number of methoxy groups -OCH3 is 2. The average molecular weight is 919 g/mol. The fraction of sp³-hybridized carbons (Fsp3) is 0.302. The van der Waals surface area contributed by atoms with E-state index < -0.39 is 71.2 Å². The lowest BCUT2D eigenvalue weighted by Crippen LogP contribution is -2.53. The van der Waals surface area contributed by atoms with E-state index in [1.807, 2.05) is 83.8 Å². The molecular weight excluding hydrogens is 869 g/mol. The van der Waals surface area contributed by atoms with E-state index in [2.05, 4.69) is 27.4 Å². The molecule has 3 saturated heterocycles. The monoisotopic (exact) mass is 918 g/mol. The number of nitrogens with zero attached hydrogens (tertiary/aromatic N) is 2. The number of morpholine rings is 2. The van der Waals surface area contributed by atoms with Crippen molar-refractivity contribution in [2.45, 2.75) is 36.1 Å². The maximum Gasteiger partial charge on any atom is 0.324 e. The topological polar surface area (TPSA) is 182 Å². The molecule has 4 aliphatic rings. The van der Waals surface area contributed by atoms with Crippen LogP contribution >= 0.6 is 0 Å². The molecule has 4 heterocycles.